The van der Waals surface area contributed by atoms with Crippen molar-refractivity contribution >= 4 is 33.0 Å². The van der Waals surface area contributed by atoms with Crippen LogP contribution in [-0.4, -0.2) is 13.1 Å². The summed E-state index contributed by atoms with van der Waals surface area (Å²) in [5.41, 5.74) is 3.16. The molecule has 0 amide bonds. The lowest BCUT2D eigenvalue weighted by Crippen LogP contribution is -2.18. The quantitative estimate of drug-likeness (QED) is 0.804. The summed E-state index contributed by atoms with van der Waals surface area (Å²) in [5.74, 6) is -0.168. The van der Waals surface area contributed by atoms with Crippen LogP contribution in [0.2, 0.25) is 0 Å². The zero-order chi connectivity index (χ0) is 14.8. The van der Waals surface area contributed by atoms with Crippen LogP contribution in [0.15, 0.2) is 33.4 Å². The second-order valence-corrected chi connectivity index (χ2v) is 7.88. The first-order chi connectivity index (χ1) is 10.1. The van der Waals surface area contributed by atoms with Crippen molar-refractivity contribution in [1.82, 2.24) is 5.32 Å². The molecule has 0 unspecified atom stereocenters. The third-order valence-electron chi connectivity index (χ3n) is 3.60. The summed E-state index contributed by atoms with van der Waals surface area (Å²) >= 11 is 5.15. The first-order valence-corrected chi connectivity index (χ1v) is 8.74. The minimum atomic E-state index is -0.168. The number of nitrogens with one attached hydrogen (secondary N) is 1. The number of hydrogen-bond acceptors (Lipinski definition) is 3. The molecule has 0 atom stereocenters. The molecule has 1 saturated carbocycles. The Morgan fingerprint density at radius 1 is 1.29 bits per heavy atom. The molecule has 0 radical (unpaired) electrons. The number of nitrogens with zero attached hydrogens (tertiary/aromatic N) is 1. The van der Waals surface area contributed by atoms with E-state index in [1.54, 1.807) is 23.5 Å². The highest BCUT2D eigenvalue weighted by Gasteiger charge is 2.20. The summed E-state index contributed by atoms with van der Waals surface area (Å²) in [6, 6.07) is 8.03. The third-order valence-corrected chi connectivity index (χ3v) is 5.15. The summed E-state index contributed by atoms with van der Waals surface area (Å²) in [6.07, 6.45) is 2.49. The van der Waals surface area contributed by atoms with E-state index in [-0.39, 0.29) is 5.82 Å². The van der Waals surface area contributed by atoms with Crippen molar-refractivity contribution in [2.75, 3.05) is 11.9 Å². The molecule has 1 aromatic heterocycles. The predicted octanol–water partition coefficient (Wildman–Crippen LogP) is 4.54. The molecule has 1 heterocycles. The van der Waals surface area contributed by atoms with E-state index in [0.717, 1.165) is 28.1 Å². The highest BCUT2D eigenvalue weighted by Crippen LogP contribution is 2.25. The largest absolute Gasteiger partial charge is 0.370 e. The smallest absolute Gasteiger partial charge is 0.125 e. The molecule has 0 spiro atoms. The Morgan fingerprint density at radius 2 is 2.10 bits per heavy atom. The van der Waals surface area contributed by atoms with E-state index in [1.165, 1.54) is 18.4 Å². The van der Waals surface area contributed by atoms with Gasteiger partial charge in [0.25, 0.3) is 0 Å². The molecule has 3 rings (SSSR count). The molecule has 2 aromatic rings. The lowest BCUT2D eigenvalue weighted by Gasteiger charge is -2.20. The number of halogens is 2. The fourth-order valence-corrected chi connectivity index (χ4v) is 3.50. The number of benzene rings is 1. The Balaban J connectivity index is 1.70. The summed E-state index contributed by atoms with van der Waals surface area (Å²) in [5, 5.41) is 5.55. The summed E-state index contributed by atoms with van der Waals surface area (Å²) in [4.78, 5) is 2.08. The van der Waals surface area contributed by atoms with Crippen LogP contribution in [0.25, 0.3) is 0 Å². The van der Waals surface area contributed by atoms with Gasteiger partial charge in [-0.3, -0.25) is 0 Å². The molecule has 0 saturated heterocycles. The maximum absolute atomic E-state index is 13.8. The lowest BCUT2D eigenvalue weighted by atomic mass is 10.1. The van der Waals surface area contributed by atoms with Gasteiger partial charge in [-0.15, -0.1) is 11.3 Å². The molecule has 1 aliphatic carbocycles. The normalized spacial score (nSPS) is 14.4. The van der Waals surface area contributed by atoms with E-state index < -0.39 is 0 Å². The van der Waals surface area contributed by atoms with Gasteiger partial charge >= 0.3 is 0 Å². The summed E-state index contributed by atoms with van der Waals surface area (Å²) in [7, 11) is 2.00. The van der Waals surface area contributed by atoms with Crippen LogP contribution in [0.5, 0.6) is 0 Å². The predicted molar refractivity (Wildman–Crippen MR) is 90.4 cm³/mol. The maximum Gasteiger partial charge on any atom is 0.125 e. The molecule has 1 aliphatic rings. The van der Waals surface area contributed by atoms with Gasteiger partial charge in [-0.2, -0.15) is 0 Å². The molecule has 21 heavy (non-hydrogen) atoms. The minimum Gasteiger partial charge on any atom is -0.370 e. The van der Waals surface area contributed by atoms with Crippen molar-refractivity contribution in [3.05, 3.63) is 50.4 Å². The highest BCUT2D eigenvalue weighted by atomic mass is 79.9. The first-order valence-electron chi connectivity index (χ1n) is 7.07. The zero-order valence-corrected chi connectivity index (χ0v) is 14.3. The van der Waals surface area contributed by atoms with Gasteiger partial charge in [-0.05, 0) is 69.5 Å². The fourth-order valence-electron chi connectivity index (χ4n) is 2.30. The van der Waals surface area contributed by atoms with E-state index in [1.807, 2.05) is 7.05 Å². The highest BCUT2D eigenvalue weighted by molar-refractivity contribution is 9.11. The molecule has 1 N–H and O–H groups in total. The van der Waals surface area contributed by atoms with E-state index in [9.17, 15) is 4.39 Å². The average Bonchev–Trinajstić information content (AvgIpc) is 3.19. The standard InChI is InChI=1S/C16H18BrFN2S/c1-20(9-12-6-16(17)21-10-12)15-5-11(4-13(18)7-15)8-19-14-2-3-14/h4-7,10,14,19H,2-3,8-9H2,1H3. The Labute approximate surface area is 137 Å². The van der Waals surface area contributed by atoms with Gasteiger partial charge < -0.3 is 10.2 Å². The van der Waals surface area contributed by atoms with E-state index in [2.05, 4.69) is 43.7 Å². The van der Waals surface area contributed by atoms with Gasteiger partial charge in [-0.1, -0.05) is 0 Å². The molecular weight excluding hydrogens is 351 g/mol. The molecule has 5 heteroatoms. The van der Waals surface area contributed by atoms with Crippen LogP contribution >= 0.6 is 27.3 Å². The van der Waals surface area contributed by atoms with Crippen molar-refractivity contribution < 1.29 is 4.39 Å². The van der Waals surface area contributed by atoms with Gasteiger partial charge in [0.1, 0.15) is 5.82 Å². The molecule has 112 valence electrons. The van der Waals surface area contributed by atoms with Crippen LogP contribution in [0.4, 0.5) is 10.1 Å². The van der Waals surface area contributed by atoms with Crippen LogP contribution in [0.3, 0.4) is 0 Å². The van der Waals surface area contributed by atoms with Crippen LogP contribution in [0, 0.1) is 5.82 Å². The second kappa shape index (κ2) is 6.46. The molecule has 1 aromatic carbocycles. The Hall–Kier alpha value is -0.910. The van der Waals surface area contributed by atoms with Gasteiger partial charge in [0.05, 0.1) is 3.79 Å². The van der Waals surface area contributed by atoms with E-state index in [0.29, 0.717) is 6.04 Å². The van der Waals surface area contributed by atoms with Crippen LogP contribution < -0.4 is 10.2 Å². The summed E-state index contributed by atoms with van der Waals surface area (Å²) < 4.78 is 14.9. The zero-order valence-electron chi connectivity index (χ0n) is 11.9. The van der Waals surface area contributed by atoms with Crippen molar-refractivity contribution in [3.63, 3.8) is 0 Å². The van der Waals surface area contributed by atoms with E-state index >= 15 is 0 Å². The molecule has 2 nitrogen and oxygen atoms in total. The topological polar surface area (TPSA) is 15.3 Å². The second-order valence-electron chi connectivity index (χ2n) is 5.59. The van der Waals surface area contributed by atoms with Crippen LogP contribution in [-0.2, 0) is 13.1 Å². The number of hydrogen-bond donors (Lipinski definition) is 1. The number of thiophene rings is 1. The van der Waals surface area contributed by atoms with Crippen LogP contribution in [0.1, 0.15) is 24.0 Å². The monoisotopic (exact) mass is 368 g/mol. The van der Waals surface area contributed by atoms with Gasteiger partial charge in [0, 0.05) is 31.9 Å². The SMILES string of the molecule is CN(Cc1csc(Br)c1)c1cc(F)cc(CNC2CC2)c1. The molecule has 1 fully saturated rings. The first kappa shape index (κ1) is 15.0. The van der Waals surface area contributed by atoms with E-state index in [4.69, 9.17) is 0 Å². The Kier molecular flexibility index (Phi) is 4.62. The maximum atomic E-state index is 13.8. The summed E-state index contributed by atoms with van der Waals surface area (Å²) in [6.45, 7) is 1.52. The number of rotatable bonds is 6. The molecular formula is C16H18BrFN2S. The van der Waals surface area contributed by atoms with Crippen molar-refractivity contribution in [2.24, 2.45) is 0 Å². The van der Waals surface area contributed by atoms with Gasteiger partial charge in [0.15, 0.2) is 0 Å². The Bertz CT molecular complexity index is 624. The minimum absolute atomic E-state index is 0.168. The van der Waals surface area contributed by atoms with Crippen molar-refractivity contribution in [3.8, 4) is 0 Å². The van der Waals surface area contributed by atoms with Crippen molar-refractivity contribution in [1.29, 1.82) is 0 Å². The third kappa shape index (κ3) is 4.28. The number of anilines is 1. The fraction of sp³-hybridized carbons (Fsp3) is 0.375. The molecule has 0 aliphatic heterocycles. The van der Waals surface area contributed by atoms with Gasteiger partial charge in [0.2, 0.25) is 0 Å². The lowest BCUT2D eigenvalue weighted by molar-refractivity contribution is 0.619. The molecule has 0 bridgehead atoms. The average molecular weight is 369 g/mol. The van der Waals surface area contributed by atoms with Gasteiger partial charge in [-0.25, -0.2) is 4.39 Å². The van der Waals surface area contributed by atoms with Crippen molar-refractivity contribution in [2.45, 2.75) is 32.0 Å². The Morgan fingerprint density at radius 3 is 2.76 bits per heavy atom.